The summed E-state index contributed by atoms with van der Waals surface area (Å²) in [6, 6.07) is 20.0. The van der Waals surface area contributed by atoms with Crippen molar-refractivity contribution >= 4 is 34.8 Å². The average Bonchev–Trinajstić information content (AvgIpc) is 3.43. The SMILES string of the molecule is CN(C)C(=O)c1cc2cc(C3=CCCN(C(=O)C4Cc5c(cccc5-c5ccc(O)cc5)CN4C=O)C3)ccc2o1. The Morgan fingerprint density at radius 2 is 1.78 bits per heavy atom. The third kappa shape index (κ3) is 4.97. The van der Waals surface area contributed by atoms with E-state index in [2.05, 4.69) is 6.08 Å². The van der Waals surface area contributed by atoms with Crippen LogP contribution >= 0.6 is 0 Å². The molecule has 2 aliphatic heterocycles. The van der Waals surface area contributed by atoms with E-state index in [0.29, 0.717) is 38.1 Å². The number of carbonyl (C=O) groups is 3. The number of benzene rings is 3. The summed E-state index contributed by atoms with van der Waals surface area (Å²) in [7, 11) is 3.37. The van der Waals surface area contributed by atoms with Crippen LogP contribution in [-0.4, -0.2) is 71.3 Å². The van der Waals surface area contributed by atoms with Crippen molar-refractivity contribution in [3.8, 4) is 16.9 Å². The molecule has 0 fully saturated rings. The maximum atomic E-state index is 14.0. The number of carbonyl (C=O) groups excluding carboxylic acids is 3. The van der Waals surface area contributed by atoms with Gasteiger partial charge in [-0.15, -0.1) is 0 Å². The molecule has 0 saturated carbocycles. The van der Waals surface area contributed by atoms with E-state index in [1.54, 1.807) is 37.2 Å². The van der Waals surface area contributed by atoms with Crippen LogP contribution < -0.4 is 0 Å². The molecule has 6 rings (SSSR count). The molecule has 3 heterocycles. The molecule has 3 amide bonds. The third-order valence-electron chi connectivity index (χ3n) is 7.99. The molecule has 2 aliphatic rings. The largest absolute Gasteiger partial charge is 0.508 e. The van der Waals surface area contributed by atoms with Gasteiger partial charge in [0.2, 0.25) is 12.3 Å². The Hall–Kier alpha value is -4.85. The zero-order valence-corrected chi connectivity index (χ0v) is 23.0. The van der Waals surface area contributed by atoms with E-state index in [1.807, 2.05) is 53.4 Å². The first-order valence-corrected chi connectivity index (χ1v) is 13.7. The lowest BCUT2D eigenvalue weighted by molar-refractivity contribution is -0.141. The fourth-order valence-corrected chi connectivity index (χ4v) is 5.81. The van der Waals surface area contributed by atoms with Gasteiger partial charge in [0.25, 0.3) is 5.91 Å². The minimum absolute atomic E-state index is 0.0721. The number of phenolic OH excluding ortho intramolecular Hbond substituents is 1. The van der Waals surface area contributed by atoms with E-state index in [1.165, 1.54) is 4.90 Å². The smallest absolute Gasteiger partial charge is 0.289 e. The molecule has 0 spiro atoms. The van der Waals surface area contributed by atoms with Gasteiger partial charge in [0, 0.05) is 45.5 Å². The lowest BCUT2D eigenvalue weighted by Gasteiger charge is -2.38. The predicted octanol–water partition coefficient (Wildman–Crippen LogP) is 4.71. The van der Waals surface area contributed by atoms with Crippen LogP contribution in [0.3, 0.4) is 0 Å². The van der Waals surface area contributed by atoms with Crippen LogP contribution in [0.5, 0.6) is 5.75 Å². The van der Waals surface area contributed by atoms with Crippen LogP contribution in [0.25, 0.3) is 27.7 Å². The molecule has 1 aromatic heterocycles. The Bertz CT molecular complexity index is 1690. The van der Waals surface area contributed by atoms with Crippen molar-refractivity contribution in [3.05, 3.63) is 95.3 Å². The summed E-state index contributed by atoms with van der Waals surface area (Å²) >= 11 is 0. The Labute approximate surface area is 238 Å². The molecular formula is C33H31N3O5. The van der Waals surface area contributed by atoms with Gasteiger partial charge in [-0.05, 0) is 70.1 Å². The summed E-state index contributed by atoms with van der Waals surface area (Å²) in [5.41, 5.74) is 6.66. The maximum absolute atomic E-state index is 14.0. The topological polar surface area (TPSA) is 94.3 Å². The number of hydrogen-bond acceptors (Lipinski definition) is 5. The standard InChI is InChI=1S/C33H31N3O5/c1-34(2)33(40)31-16-25-15-22(10-13-30(25)41-31)23-6-4-14-35(18-23)32(39)29-17-28-24(19-36(29)20-37)5-3-7-27(28)21-8-11-26(38)12-9-21/h3,5-13,15-16,20,29,38H,4,14,17-19H2,1-2H3. The fraction of sp³-hybridized carbons (Fsp3) is 0.242. The molecule has 0 aliphatic carbocycles. The molecule has 1 N–H and O–H groups in total. The Morgan fingerprint density at radius 1 is 1.00 bits per heavy atom. The minimum atomic E-state index is -0.603. The number of amides is 3. The summed E-state index contributed by atoms with van der Waals surface area (Å²) in [5.74, 6) is 0.216. The number of aromatic hydroxyl groups is 1. The van der Waals surface area contributed by atoms with E-state index in [0.717, 1.165) is 45.2 Å². The van der Waals surface area contributed by atoms with E-state index in [-0.39, 0.29) is 23.3 Å². The van der Waals surface area contributed by atoms with Crippen molar-refractivity contribution < 1.29 is 23.9 Å². The van der Waals surface area contributed by atoms with Crippen LogP contribution in [0.2, 0.25) is 0 Å². The highest BCUT2D eigenvalue weighted by Crippen LogP contribution is 2.34. The summed E-state index contributed by atoms with van der Waals surface area (Å²) < 4.78 is 5.75. The van der Waals surface area contributed by atoms with Crippen LogP contribution in [0.15, 0.2) is 77.2 Å². The molecule has 1 atom stereocenters. The molecule has 4 aromatic rings. The molecule has 8 nitrogen and oxygen atoms in total. The number of rotatable bonds is 5. The van der Waals surface area contributed by atoms with Crippen LogP contribution in [-0.2, 0) is 22.6 Å². The number of furan rings is 1. The lowest BCUT2D eigenvalue weighted by Crippen LogP contribution is -2.52. The van der Waals surface area contributed by atoms with Crippen molar-refractivity contribution in [2.75, 3.05) is 27.2 Å². The number of nitrogens with zero attached hydrogens (tertiary/aromatic N) is 3. The molecule has 41 heavy (non-hydrogen) atoms. The van der Waals surface area contributed by atoms with Gasteiger partial charge in [-0.25, -0.2) is 0 Å². The monoisotopic (exact) mass is 549 g/mol. The first-order chi connectivity index (χ1) is 19.8. The molecule has 8 heteroatoms. The Balaban J connectivity index is 1.24. The Morgan fingerprint density at radius 3 is 2.54 bits per heavy atom. The normalized spacial score (nSPS) is 16.7. The fourth-order valence-electron chi connectivity index (χ4n) is 5.81. The van der Waals surface area contributed by atoms with Gasteiger partial charge in [0.15, 0.2) is 5.76 Å². The van der Waals surface area contributed by atoms with Gasteiger partial charge < -0.3 is 24.2 Å². The summed E-state index contributed by atoms with van der Waals surface area (Å²) in [6.07, 6.45) is 4.05. The van der Waals surface area contributed by atoms with Gasteiger partial charge in [0.1, 0.15) is 17.4 Å². The number of hydrogen-bond donors (Lipinski definition) is 1. The van der Waals surface area contributed by atoms with E-state index >= 15 is 0 Å². The molecular weight excluding hydrogens is 518 g/mol. The molecule has 208 valence electrons. The number of fused-ring (bicyclic) bond motifs is 2. The predicted molar refractivity (Wildman–Crippen MR) is 156 cm³/mol. The van der Waals surface area contributed by atoms with Crippen molar-refractivity contribution in [1.29, 1.82) is 0 Å². The third-order valence-corrected chi connectivity index (χ3v) is 7.99. The van der Waals surface area contributed by atoms with E-state index in [9.17, 15) is 19.5 Å². The van der Waals surface area contributed by atoms with Crippen molar-refractivity contribution in [2.45, 2.75) is 25.4 Å². The van der Waals surface area contributed by atoms with Crippen molar-refractivity contribution in [3.63, 3.8) is 0 Å². The summed E-state index contributed by atoms with van der Waals surface area (Å²) in [4.78, 5) is 43.4. The second kappa shape index (κ2) is 10.6. The molecule has 0 bridgehead atoms. The van der Waals surface area contributed by atoms with Gasteiger partial charge >= 0.3 is 0 Å². The van der Waals surface area contributed by atoms with Crippen molar-refractivity contribution in [1.82, 2.24) is 14.7 Å². The molecule has 3 aromatic carbocycles. The van der Waals surface area contributed by atoms with E-state index < -0.39 is 6.04 Å². The second-order valence-electron chi connectivity index (χ2n) is 10.8. The second-order valence-corrected chi connectivity index (χ2v) is 10.8. The van der Waals surface area contributed by atoms with Gasteiger partial charge in [-0.1, -0.05) is 42.5 Å². The van der Waals surface area contributed by atoms with Crippen LogP contribution in [0.4, 0.5) is 0 Å². The maximum Gasteiger partial charge on any atom is 0.289 e. The Kier molecular flexibility index (Phi) is 6.83. The highest BCUT2D eigenvalue weighted by atomic mass is 16.3. The van der Waals surface area contributed by atoms with Gasteiger partial charge in [-0.2, -0.15) is 0 Å². The lowest BCUT2D eigenvalue weighted by atomic mass is 9.87. The van der Waals surface area contributed by atoms with Gasteiger partial charge in [-0.3, -0.25) is 14.4 Å². The zero-order valence-electron chi connectivity index (χ0n) is 23.0. The average molecular weight is 550 g/mol. The summed E-state index contributed by atoms with van der Waals surface area (Å²) in [5, 5.41) is 10.6. The first-order valence-electron chi connectivity index (χ1n) is 13.7. The molecule has 0 radical (unpaired) electrons. The highest BCUT2D eigenvalue weighted by Gasteiger charge is 2.35. The van der Waals surface area contributed by atoms with Gasteiger partial charge in [0.05, 0.1) is 0 Å². The van der Waals surface area contributed by atoms with Crippen LogP contribution in [0, 0.1) is 0 Å². The summed E-state index contributed by atoms with van der Waals surface area (Å²) in [6.45, 7) is 1.37. The molecule has 1 unspecified atom stereocenters. The zero-order chi connectivity index (χ0) is 28.7. The first kappa shape index (κ1) is 26.4. The van der Waals surface area contributed by atoms with Crippen LogP contribution in [0.1, 0.15) is 33.7 Å². The van der Waals surface area contributed by atoms with Crippen molar-refractivity contribution in [2.24, 2.45) is 0 Å². The quantitative estimate of drug-likeness (QED) is 0.364. The highest BCUT2D eigenvalue weighted by molar-refractivity contribution is 5.96. The number of phenols is 1. The van der Waals surface area contributed by atoms with E-state index in [4.69, 9.17) is 4.42 Å². The minimum Gasteiger partial charge on any atom is -0.508 e. The molecule has 0 saturated heterocycles.